The van der Waals surface area contributed by atoms with Crippen molar-refractivity contribution in [1.29, 1.82) is 0 Å². The number of hydrogen-bond donors (Lipinski definition) is 2. The van der Waals surface area contributed by atoms with Crippen molar-refractivity contribution in [1.82, 2.24) is 15.5 Å². The molecule has 2 rings (SSSR count). The van der Waals surface area contributed by atoms with Crippen LogP contribution in [0.2, 0.25) is 0 Å². The topological polar surface area (TPSA) is 70.7 Å². The average molecular weight is 390 g/mol. The molecule has 0 aromatic heterocycles. The molecule has 0 aliphatic carbocycles. The molecule has 1 aliphatic rings. The molecule has 0 bridgehead atoms. The van der Waals surface area contributed by atoms with Gasteiger partial charge in [-0.25, -0.2) is 4.79 Å². The van der Waals surface area contributed by atoms with Crippen molar-refractivity contribution in [2.24, 2.45) is 5.92 Å². The van der Waals surface area contributed by atoms with Crippen molar-refractivity contribution in [3.8, 4) is 0 Å². The van der Waals surface area contributed by atoms with Crippen LogP contribution in [0.1, 0.15) is 53.0 Å². The minimum Gasteiger partial charge on any atom is -0.444 e. The summed E-state index contributed by atoms with van der Waals surface area (Å²) in [5, 5.41) is 5.86. The molecule has 0 radical (unpaired) electrons. The fourth-order valence-electron chi connectivity index (χ4n) is 3.39. The Balaban J connectivity index is 1.87. The van der Waals surface area contributed by atoms with E-state index in [1.54, 1.807) is 0 Å². The number of likely N-dealkylation sites (tertiary alicyclic amines) is 1. The van der Waals surface area contributed by atoms with E-state index in [1.807, 2.05) is 52.8 Å². The lowest BCUT2D eigenvalue weighted by Crippen LogP contribution is -2.51. The van der Waals surface area contributed by atoms with Crippen molar-refractivity contribution >= 4 is 12.0 Å². The van der Waals surface area contributed by atoms with Crippen molar-refractivity contribution < 1.29 is 14.3 Å². The summed E-state index contributed by atoms with van der Waals surface area (Å²) in [5.74, 6) is 0.148. The number of benzene rings is 1. The maximum absolute atomic E-state index is 12.8. The van der Waals surface area contributed by atoms with Gasteiger partial charge in [0.25, 0.3) is 0 Å². The molecule has 6 nitrogen and oxygen atoms in total. The van der Waals surface area contributed by atoms with E-state index in [4.69, 9.17) is 4.74 Å². The molecule has 2 atom stereocenters. The first kappa shape index (κ1) is 22.2. The number of hydrogen-bond acceptors (Lipinski definition) is 4. The van der Waals surface area contributed by atoms with Gasteiger partial charge in [-0.1, -0.05) is 44.2 Å². The summed E-state index contributed by atoms with van der Waals surface area (Å²) in [6.45, 7) is 12.2. The van der Waals surface area contributed by atoms with Gasteiger partial charge in [0, 0.05) is 25.7 Å². The molecular weight excluding hydrogens is 354 g/mol. The normalized spacial score (nSPS) is 18.7. The third-order valence-corrected chi connectivity index (χ3v) is 4.58. The summed E-state index contributed by atoms with van der Waals surface area (Å²) in [6, 6.07) is 9.87. The van der Waals surface area contributed by atoms with Crippen molar-refractivity contribution in [2.75, 3.05) is 13.1 Å². The van der Waals surface area contributed by atoms with Crippen LogP contribution in [-0.2, 0) is 16.1 Å². The van der Waals surface area contributed by atoms with Crippen LogP contribution in [0, 0.1) is 5.92 Å². The van der Waals surface area contributed by atoms with Gasteiger partial charge in [0.2, 0.25) is 5.91 Å². The average Bonchev–Trinajstić information content (AvgIpc) is 3.00. The zero-order valence-electron chi connectivity index (χ0n) is 17.8. The van der Waals surface area contributed by atoms with Gasteiger partial charge in [-0.2, -0.15) is 0 Å². The minimum absolute atomic E-state index is 0.103. The second kappa shape index (κ2) is 9.92. The first-order valence-electron chi connectivity index (χ1n) is 10.2. The van der Waals surface area contributed by atoms with Crippen LogP contribution in [0.4, 0.5) is 4.79 Å². The Bertz CT molecular complexity index is 640. The van der Waals surface area contributed by atoms with Gasteiger partial charge in [-0.05, 0) is 45.1 Å². The Kier molecular flexibility index (Phi) is 7.87. The third kappa shape index (κ3) is 7.89. The van der Waals surface area contributed by atoms with Crippen LogP contribution in [0.3, 0.4) is 0 Å². The van der Waals surface area contributed by atoms with Gasteiger partial charge in [-0.3, -0.25) is 9.69 Å². The first-order valence-corrected chi connectivity index (χ1v) is 10.2. The molecule has 1 heterocycles. The van der Waals surface area contributed by atoms with E-state index < -0.39 is 17.7 Å². The quantitative estimate of drug-likeness (QED) is 0.751. The second-order valence-electron chi connectivity index (χ2n) is 9.04. The summed E-state index contributed by atoms with van der Waals surface area (Å²) in [4.78, 5) is 27.3. The molecule has 1 aromatic rings. The van der Waals surface area contributed by atoms with E-state index in [2.05, 4.69) is 27.7 Å². The van der Waals surface area contributed by atoms with Crippen LogP contribution >= 0.6 is 0 Å². The number of amides is 2. The van der Waals surface area contributed by atoms with Crippen molar-refractivity contribution in [2.45, 2.75) is 71.7 Å². The van der Waals surface area contributed by atoms with Gasteiger partial charge in [-0.15, -0.1) is 0 Å². The number of nitrogens with one attached hydrogen (secondary N) is 2. The summed E-state index contributed by atoms with van der Waals surface area (Å²) in [7, 11) is 0. The number of alkyl carbamates (subject to hydrolysis) is 1. The highest BCUT2D eigenvalue weighted by Gasteiger charge is 2.29. The molecule has 2 unspecified atom stereocenters. The molecule has 1 fully saturated rings. The highest BCUT2D eigenvalue weighted by molar-refractivity contribution is 5.85. The Hall–Kier alpha value is -2.08. The van der Waals surface area contributed by atoms with Gasteiger partial charge in [0.05, 0.1) is 0 Å². The van der Waals surface area contributed by atoms with E-state index in [-0.39, 0.29) is 17.9 Å². The molecule has 156 valence electrons. The molecule has 1 aliphatic heterocycles. The third-order valence-electron chi connectivity index (χ3n) is 4.58. The Morgan fingerprint density at radius 3 is 2.50 bits per heavy atom. The van der Waals surface area contributed by atoms with Crippen LogP contribution in [-0.4, -0.2) is 47.7 Å². The van der Waals surface area contributed by atoms with Crippen LogP contribution < -0.4 is 10.6 Å². The lowest BCUT2D eigenvalue weighted by atomic mass is 10.0. The van der Waals surface area contributed by atoms with E-state index in [1.165, 1.54) is 5.56 Å². The standard InChI is InChI=1S/C22H35N3O3/c1-16(2)13-19(24-21(27)28-22(3,4)5)20(26)23-18-11-12-25(15-18)14-17-9-7-6-8-10-17/h6-10,16,18-19H,11-15H2,1-5H3,(H,23,26)(H,24,27). The lowest BCUT2D eigenvalue weighted by molar-refractivity contribution is -0.124. The lowest BCUT2D eigenvalue weighted by Gasteiger charge is -2.25. The number of nitrogens with zero attached hydrogens (tertiary/aromatic N) is 1. The maximum atomic E-state index is 12.8. The summed E-state index contributed by atoms with van der Waals surface area (Å²) in [5.41, 5.74) is 0.686. The molecule has 6 heteroatoms. The van der Waals surface area contributed by atoms with Crippen LogP contribution in [0.25, 0.3) is 0 Å². The van der Waals surface area contributed by atoms with Gasteiger partial charge >= 0.3 is 6.09 Å². The van der Waals surface area contributed by atoms with Gasteiger partial charge < -0.3 is 15.4 Å². The smallest absolute Gasteiger partial charge is 0.408 e. The monoisotopic (exact) mass is 389 g/mol. The maximum Gasteiger partial charge on any atom is 0.408 e. The number of carbonyl (C=O) groups is 2. The molecule has 28 heavy (non-hydrogen) atoms. The largest absolute Gasteiger partial charge is 0.444 e. The summed E-state index contributed by atoms with van der Waals surface area (Å²) in [6.07, 6.45) is 0.940. The summed E-state index contributed by atoms with van der Waals surface area (Å²) < 4.78 is 5.32. The van der Waals surface area contributed by atoms with E-state index in [9.17, 15) is 9.59 Å². The first-order chi connectivity index (χ1) is 13.1. The fourth-order valence-corrected chi connectivity index (χ4v) is 3.39. The van der Waals surface area contributed by atoms with Crippen LogP contribution in [0.15, 0.2) is 30.3 Å². The Morgan fingerprint density at radius 2 is 1.89 bits per heavy atom. The number of ether oxygens (including phenoxy) is 1. The Morgan fingerprint density at radius 1 is 1.21 bits per heavy atom. The highest BCUT2D eigenvalue weighted by Crippen LogP contribution is 2.15. The van der Waals surface area contributed by atoms with E-state index >= 15 is 0 Å². The van der Waals surface area contributed by atoms with Crippen LogP contribution in [0.5, 0.6) is 0 Å². The van der Waals surface area contributed by atoms with Gasteiger partial charge in [0.15, 0.2) is 0 Å². The van der Waals surface area contributed by atoms with Crippen molar-refractivity contribution in [3.05, 3.63) is 35.9 Å². The van der Waals surface area contributed by atoms with Gasteiger partial charge in [0.1, 0.15) is 11.6 Å². The predicted octanol–water partition coefficient (Wildman–Crippen LogP) is 3.32. The molecule has 0 saturated carbocycles. The molecule has 1 saturated heterocycles. The molecule has 1 aromatic carbocycles. The number of rotatable bonds is 7. The Labute approximate surface area is 169 Å². The molecule has 2 N–H and O–H groups in total. The predicted molar refractivity (Wildman–Crippen MR) is 111 cm³/mol. The molecule has 2 amide bonds. The second-order valence-corrected chi connectivity index (χ2v) is 9.04. The van der Waals surface area contributed by atoms with E-state index in [0.29, 0.717) is 6.42 Å². The molecule has 0 spiro atoms. The zero-order chi connectivity index (χ0) is 20.7. The SMILES string of the molecule is CC(C)CC(NC(=O)OC(C)(C)C)C(=O)NC1CCN(Cc2ccccc2)C1. The van der Waals surface area contributed by atoms with E-state index in [0.717, 1.165) is 26.1 Å². The van der Waals surface area contributed by atoms with Crippen molar-refractivity contribution in [3.63, 3.8) is 0 Å². The zero-order valence-corrected chi connectivity index (χ0v) is 17.8. The minimum atomic E-state index is -0.591. The highest BCUT2D eigenvalue weighted by atomic mass is 16.6. The fraction of sp³-hybridized carbons (Fsp3) is 0.636. The number of carbonyl (C=O) groups excluding carboxylic acids is 2. The summed E-state index contributed by atoms with van der Waals surface area (Å²) >= 11 is 0. The molecular formula is C22H35N3O3.